The molecule has 0 bridgehead atoms. The molecule has 1 atom stereocenters. The first-order chi connectivity index (χ1) is 10.3. The summed E-state index contributed by atoms with van der Waals surface area (Å²) in [4.78, 5) is 11.8. The zero-order valence-electron chi connectivity index (χ0n) is 13.7. The van der Waals surface area contributed by atoms with Crippen molar-refractivity contribution in [3.8, 4) is 0 Å². The van der Waals surface area contributed by atoms with Crippen LogP contribution < -0.4 is 27.2 Å². The number of halogens is 1. The molecule has 10 heteroatoms. The molecule has 0 fully saturated rings. The van der Waals surface area contributed by atoms with E-state index >= 15 is 0 Å². The second kappa shape index (κ2) is 9.67. The Hall–Kier alpha value is -0.550. The lowest BCUT2D eigenvalue weighted by Gasteiger charge is -2.21. The minimum atomic E-state index is -4.94. The lowest BCUT2D eigenvalue weighted by atomic mass is 10.1. The van der Waals surface area contributed by atoms with Crippen LogP contribution in [0.15, 0.2) is 10.8 Å². The summed E-state index contributed by atoms with van der Waals surface area (Å²) < 4.78 is 42.8. The fraction of sp³-hybridized carbons (Fsp3) is 0.692. The topological polar surface area (TPSA) is 122 Å². The van der Waals surface area contributed by atoms with Gasteiger partial charge in [-0.25, -0.2) is 23.2 Å². The molecule has 0 aliphatic carbocycles. The molecule has 0 saturated carbocycles. The number of carbonyl (C=O) groups excluding carboxylic acids is 1. The molecule has 1 heterocycles. The largest absolute Gasteiger partial charge is 0.460 e. The third-order valence-electron chi connectivity index (χ3n) is 2.41. The van der Waals surface area contributed by atoms with Crippen LogP contribution in [0.5, 0.6) is 0 Å². The number of esters is 1. The van der Waals surface area contributed by atoms with E-state index in [1.165, 1.54) is 3.98 Å². The second-order valence-corrected chi connectivity index (χ2v) is 8.60. The van der Waals surface area contributed by atoms with E-state index in [1.54, 1.807) is 22.7 Å². The van der Waals surface area contributed by atoms with Crippen LogP contribution in [-0.2, 0) is 9.53 Å². The van der Waals surface area contributed by atoms with Gasteiger partial charge in [0, 0.05) is 17.2 Å². The Morgan fingerprint density at radius 1 is 1.26 bits per heavy atom. The Kier molecular flexibility index (Phi) is 9.44. The highest BCUT2D eigenvalue weighted by molar-refractivity contribution is 7.24. The van der Waals surface area contributed by atoms with Gasteiger partial charge < -0.3 is 4.74 Å². The number of carbonyl (C=O) groups is 1. The number of nitrogens with zero attached hydrogens (tertiary/aromatic N) is 1. The maximum atomic E-state index is 11.8. The zero-order chi connectivity index (χ0) is 18.3. The van der Waals surface area contributed by atoms with E-state index in [4.69, 9.17) is 23.4 Å². The normalized spacial score (nSPS) is 12.9. The summed E-state index contributed by atoms with van der Waals surface area (Å²) in [6, 6.07) is 0. The third kappa shape index (κ3) is 13.6. The number of rotatable bonds is 4. The highest BCUT2D eigenvalue weighted by Gasteiger charge is 2.22. The van der Waals surface area contributed by atoms with Gasteiger partial charge in [0.1, 0.15) is 19.2 Å². The van der Waals surface area contributed by atoms with Crippen molar-refractivity contribution in [3.63, 3.8) is 0 Å². The molecule has 23 heavy (non-hydrogen) atoms. The van der Waals surface area contributed by atoms with Crippen molar-refractivity contribution in [1.82, 2.24) is 4.58 Å². The fourth-order valence-corrected chi connectivity index (χ4v) is 3.15. The van der Waals surface area contributed by atoms with Gasteiger partial charge in [-0.3, -0.25) is 4.79 Å². The quantitative estimate of drug-likeness (QED) is 0.428. The van der Waals surface area contributed by atoms with E-state index in [2.05, 4.69) is 22.4 Å². The Morgan fingerprint density at radius 3 is 2.09 bits per heavy atom. The van der Waals surface area contributed by atoms with Crippen LogP contribution in [0.2, 0.25) is 0 Å². The average molecular weight is 388 g/mol. The van der Waals surface area contributed by atoms with Crippen molar-refractivity contribution >= 4 is 28.6 Å². The van der Waals surface area contributed by atoms with Gasteiger partial charge in [0.15, 0.2) is 0 Å². The van der Waals surface area contributed by atoms with E-state index in [9.17, 15) is 4.79 Å². The summed E-state index contributed by atoms with van der Waals surface area (Å²) in [7, 11) is -2.88. The van der Waals surface area contributed by atoms with Crippen molar-refractivity contribution < 1.29 is 38.4 Å². The first-order valence-corrected chi connectivity index (χ1v) is 9.70. The molecule has 1 rings (SSSR count). The lowest BCUT2D eigenvalue weighted by Crippen LogP contribution is -2.68. The van der Waals surface area contributed by atoms with Gasteiger partial charge >= 0.3 is 9.95 Å². The smallest absolute Gasteiger partial charge is 0.313 e. The van der Waals surface area contributed by atoms with Crippen molar-refractivity contribution in [1.29, 1.82) is 0 Å². The second-order valence-electron chi connectivity index (χ2n) is 5.80. The monoisotopic (exact) mass is 387 g/mol. The molecule has 0 N–H and O–H groups in total. The fourth-order valence-electron chi connectivity index (χ4n) is 1.38. The summed E-state index contributed by atoms with van der Waals surface area (Å²) in [5.41, 5.74) is -0.396. The molecule has 0 aromatic carbocycles. The van der Waals surface area contributed by atoms with Crippen LogP contribution in [0, 0.1) is 16.2 Å². The van der Waals surface area contributed by atoms with Crippen molar-refractivity contribution in [2.24, 2.45) is 5.92 Å². The number of ether oxygens (including phenoxy) is 1. The zero-order valence-corrected chi connectivity index (χ0v) is 16.1. The summed E-state index contributed by atoms with van der Waals surface area (Å²) in [5.74, 6) is -0.164. The predicted octanol–water partition coefficient (Wildman–Crippen LogP) is -2.18. The highest BCUT2D eigenvalue weighted by Crippen LogP contribution is 2.13. The number of hydrogen-bond acceptors (Lipinski definition) is 8. The van der Waals surface area contributed by atoms with Crippen LogP contribution in [-0.4, -0.2) is 25.2 Å². The van der Waals surface area contributed by atoms with E-state index < -0.39 is 15.8 Å². The van der Waals surface area contributed by atoms with Gasteiger partial charge in [-0.05, 0) is 20.8 Å². The van der Waals surface area contributed by atoms with E-state index in [1.807, 2.05) is 27.7 Å². The summed E-state index contributed by atoms with van der Waals surface area (Å²) in [5, 5.41) is 4.15. The Balaban J connectivity index is 0.000000841. The molecule has 7 nitrogen and oxygen atoms in total. The predicted molar refractivity (Wildman–Crippen MR) is 77.9 cm³/mol. The van der Waals surface area contributed by atoms with Crippen molar-refractivity contribution in [2.45, 2.75) is 39.7 Å². The minimum absolute atomic E-state index is 0.0587. The Morgan fingerprint density at radius 2 is 1.70 bits per heavy atom. The first-order valence-electron chi connectivity index (χ1n) is 6.70. The van der Waals surface area contributed by atoms with Gasteiger partial charge in [-0.1, -0.05) is 29.6 Å². The van der Waals surface area contributed by atoms with Crippen molar-refractivity contribution in [3.05, 3.63) is 14.7 Å². The Labute approximate surface area is 145 Å². The number of hydrogen-bond donors (Lipinski definition) is 0. The molecule has 1 aromatic heterocycles. The minimum Gasteiger partial charge on any atom is -0.460 e. The molecule has 0 aliphatic rings. The lowest BCUT2D eigenvalue weighted by molar-refractivity contribution is -2.00. The van der Waals surface area contributed by atoms with Gasteiger partial charge in [0.05, 0.1) is 5.92 Å². The third-order valence-corrected chi connectivity index (χ3v) is 4.73. The maximum Gasteiger partial charge on any atom is 0.313 e. The summed E-state index contributed by atoms with van der Waals surface area (Å²) in [6.45, 7) is 8.50. The highest BCUT2D eigenvalue weighted by atomic mass is 35.7. The molecule has 0 saturated heterocycles. The van der Waals surface area contributed by atoms with Crippen molar-refractivity contribution in [2.75, 3.05) is 13.6 Å². The average Bonchev–Trinajstić information content (AvgIpc) is 2.84. The van der Waals surface area contributed by atoms with E-state index in [-0.39, 0.29) is 11.9 Å². The van der Waals surface area contributed by atoms with Crippen LogP contribution in [0.3, 0.4) is 0 Å². The maximum absolute atomic E-state index is 11.8. The van der Waals surface area contributed by atoms with Crippen LogP contribution in [0.1, 0.15) is 34.1 Å². The van der Waals surface area contributed by atoms with E-state index in [0.717, 1.165) is 13.0 Å². The van der Waals surface area contributed by atoms with Gasteiger partial charge in [0.2, 0.25) is 0 Å². The molecule has 134 valence electrons. The standard InChI is InChI=1S/C13H22NO2S2.ClHO4/c1-10(11(15)16-13(2,3)4)6-7-14(5)12-17-8-9-18-12;2-1(3,4)5/h8-10H,6-7H2,1-5H3;(H,2,3,4,5)/q+1;/p-1. The molecule has 0 radical (unpaired) electrons. The molecular formula is C13H22ClNO6S2. The van der Waals surface area contributed by atoms with Crippen LogP contribution in [0.25, 0.3) is 0 Å². The summed E-state index contributed by atoms with van der Waals surface area (Å²) in [6.07, 6.45) is 0.816. The van der Waals surface area contributed by atoms with Gasteiger partial charge in [0.25, 0.3) is 0 Å². The first kappa shape index (κ1) is 22.4. The molecule has 1 unspecified atom stereocenters. The SMILES string of the molecule is CC(CC[N+](C)=c1sccs1)C(=O)OC(C)(C)C.[O-][Cl+3]([O-])([O-])[O-]. The van der Waals surface area contributed by atoms with Gasteiger partial charge in [-0.2, -0.15) is 0 Å². The molecule has 0 spiro atoms. The van der Waals surface area contributed by atoms with Crippen LogP contribution in [0.4, 0.5) is 0 Å². The Bertz CT molecular complexity index is 521. The summed E-state index contributed by atoms with van der Waals surface area (Å²) >= 11 is 3.46. The molecule has 0 amide bonds. The molecule has 1 aromatic rings. The van der Waals surface area contributed by atoms with E-state index in [0.29, 0.717) is 0 Å². The molecular weight excluding hydrogens is 366 g/mol. The van der Waals surface area contributed by atoms with Crippen LogP contribution >= 0.6 is 22.7 Å². The molecule has 0 aliphatic heterocycles. The van der Waals surface area contributed by atoms with Gasteiger partial charge in [-0.15, -0.1) is 10.2 Å².